The van der Waals surface area contributed by atoms with Gasteiger partial charge in [0.05, 0.1) is 6.61 Å². The fourth-order valence-electron chi connectivity index (χ4n) is 2.04. The molecule has 0 aliphatic carbocycles. The Labute approximate surface area is 108 Å². The maximum atomic E-state index is 5.16. The number of methoxy groups -OCH3 is 1. The van der Waals surface area contributed by atoms with Gasteiger partial charge >= 0.3 is 0 Å². The molecular formula is C14H32N2O. The van der Waals surface area contributed by atoms with E-state index < -0.39 is 0 Å². The van der Waals surface area contributed by atoms with E-state index >= 15 is 0 Å². The van der Waals surface area contributed by atoms with E-state index in [9.17, 15) is 0 Å². The van der Waals surface area contributed by atoms with Crippen LogP contribution in [0.25, 0.3) is 0 Å². The zero-order valence-corrected chi connectivity index (χ0v) is 12.5. The Bertz CT molecular complexity index is 162. The molecule has 0 heterocycles. The van der Waals surface area contributed by atoms with Crippen molar-refractivity contribution in [3.8, 4) is 0 Å². The van der Waals surface area contributed by atoms with Crippen molar-refractivity contribution < 1.29 is 4.74 Å². The molecule has 0 fully saturated rings. The van der Waals surface area contributed by atoms with Crippen molar-refractivity contribution in [2.24, 2.45) is 5.92 Å². The summed E-state index contributed by atoms with van der Waals surface area (Å²) in [6.45, 7) is 14.3. The lowest BCUT2D eigenvalue weighted by Gasteiger charge is -2.25. The van der Waals surface area contributed by atoms with Crippen molar-refractivity contribution in [1.29, 1.82) is 0 Å². The lowest BCUT2D eigenvalue weighted by atomic mass is 10.2. The van der Waals surface area contributed by atoms with E-state index in [1.54, 1.807) is 7.11 Å². The van der Waals surface area contributed by atoms with Crippen LogP contribution in [0.3, 0.4) is 0 Å². The first-order chi connectivity index (χ1) is 8.10. The standard InChI is InChI=1S/C14H32N2O/c1-6-7-14(4)15-8-9-16(10-11-17-5)12-13(2)3/h13-15H,6-12H2,1-5H3. The summed E-state index contributed by atoms with van der Waals surface area (Å²) in [5.74, 6) is 0.722. The van der Waals surface area contributed by atoms with Crippen LogP contribution in [0.5, 0.6) is 0 Å². The smallest absolute Gasteiger partial charge is 0.0589 e. The van der Waals surface area contributed by atoms with Crippen LogP contribution < -0.4 is 5.32 Å². The molecule has 0 spiro atoms. The van der Waals surface area contributed by atoms with E-state index in [0.717, 1.165) is 38.7 Å². The summed E-state index contributed by atoms with van der Waals surface area (Å²) in [5.41, 5.74) is 0. The Kier molecular flexibility index (Phi) is 10.9. The van der Waals surface area contributed by atoms with Crippen LogP contribution in [0, 0.1) is 5.92 Å². The molecule has 1 N–H and O–H groups in total. The third kappa shape index (κ3) is 10.7. The summed E-state index contributed by atoms with van der Waals surface area (Å²) in [6, 6.07) is 0.642. The van der Waals surface area contributed by atoms with Crippen molar-refractivity contribution in [3.05, 3.63) is 0 Å². The molecule has 0 rings (SSSR count). The molecule has 0 saturated heterocycles. The summed E-state index contributed by atoms with van der Waals surface area (Å²) in [5, 5.41) is 3.58. The highest BCUT2D eigenvalue weighted by molar-refractivity contribution is 4.65. The minimum absolute atomic E-state index is 0.642. The maximum Gasteiger partial charge on any atom is 0.0589 e. The Morgan fingerprint density at radius 3 is 2.41 bits per heavy atom. The number of hydrogen-bond acceptors (Lipinski definition) is 3. The second-order valence-electron chi connectivity index (χ2n) is 5.33. The lowest BCUT2D eigenvalue weighted by molar-refractivity contribution is 0.140. The van der Waals surface area contributed by atoms with Crippen molar-refractivity contribution in [1.82, 2.24) is 10.2 Å². The zero-order valence-electron chi connectivity index (χ0n) is 12.5. The SMILES string of the molecule is CCCC(C)NCCN(CCOC)CC(C)C. The predicted molar refractivity (Wildman–Crippen MR) is 75.5 cm³/mol. The molecule has 0 radical (unpaired) electrons. The van der Waals surface area contributed by atoms with Crippen LogP contribution >= 0.6 is 0 Å². The highest BCUT2D eigenvalue weighted by atomic mass is 16.5. The van der Waals surface area contributed by atoms with Crippen LogP contribution in [0.4, 0.5) is 0 Å². The van der Waals surface area contributed by atoms with E-state index in [1.807, 2.05) is 0 Å². The molecule has 1 unspecified atom stereocenters. The Morgan fingerprint density at radius 2 is 1.88 bits per heavy atom. The Morgan fingerprint density at radius 1 is 1.18 bits per heavy atom. The first-order valence-electron chi connectivity index (χ1n) is 7.04. The van der Waals surface area contributed by atoms with Crippen LogP contribution in [0.2, 0.25) is 0 Å². The van der Waals surface area contributed by atoms with Crippen LogP contribution in [-0.2, 0) is 4.74 Å². The van der Waals surface area contributed by atoms with Gasteiger partial charge in [-0.3, -0.25) is 4.90 Å². The monoisotopic (exact) mass is 244 g/mol. The summed E-state index contributed by atoms with van der Waals surface area (Å²) in [4.78, 5) is 2.49. The highest BCUT2D eigenvalue weighted by Gasteiger charge is 2.07. The van der Waals surface area contributed by atoms with Gasteiger partial charge < -0.3 is 10.1 Å². The number of rotatable bonds is 11. The van der Waals surface area contributed by atoms with E-state index in [1.165, 1.54) is 12.8 Å². The molecule has 104 valence electrons. The molecule has 1 atom stereocenters. The molecular weight excluding hydrogens is 212 g/mol. The van der Waals surface area contributed by atoms with Gasteiger partial charge in [0.25, 0.3) is 0 Å². The third-order valence-corrected chi connectivity index (χ3v) is 2.88. The third-order valence-electron chi connectivity index (χ3n) is 2.88. The van der Waals surface area contributed by atoms with E-state index in [2.05, 4.69) is 37.9 Å². The molecule has 3 heteroatoms. The molecule has 0 saturated carbocycles. The maximum absolute atomic E-state index is 5.16. The van der Waals surface area contributed by atoms with Crippen LogP contribution in [-0.4, -0.2) is 50.8 Å². The second-order valence-corrected chi connectivity index (χ2v) is 5.33. The lowest BCUT2D eigenvalue weighted by Crippen LogP contribution is -2.39. The van der Waals surface area contributed by atoms with Gasteiger partial charge in [0, 0.05) is 39.3 Å². The van der Waals surface area contributed by atoms with Crippen molar-refractivity contribution in [3.63, 3.8) is 0 Å². The second kappa shape index (κ2) is 11.0. The van der Waals surface area contributed by atoms with Crippen molar-refractivity contribution in [2.75, 3.05) is 39.9 Å². The normalized spacial score (nSPS) is 13.6. The zero-order chi connectivity index (χ0) is 13.1. The van der Waals surface area contributed by atoms with Crippen molar-refractivity contribution in [2.45, 2.75) is 46.6 Å². The first kappa shape index (κ1) is 16.9. The van der Waals surface area contributed by atoms with E-state index in [0.29, 0.717) is 6.04 Å². The largest absolute Gasteiger partial charge is 0.383 e. The average molecular weight is 244 g/mol. The number of hydrogen-bond donors (Lipinski definition) is 1. The summed E-state index contributed by atoms with van der Waals surface area (Å²) >= 11 is 0. The fraction of sp³-hybridized carbons (Fsp3) is 1.00. The molecule has 0 aromatic carbocycles. The van der Waals surface area contributed by atoms with Gasteiger partial charge in [-0.25, -0.2) is 0 Å². The summed E-state index contributed by atoms with van der Waals surface area (Å²) < 4.78 is 5.16. The summed E-state index contributed by atoms with van der Waals surface area (Å²) in [6.07, 6.45) is 2.52. The number of ether oxygens (including phenoxy) is 1. The topological polar surface area (TPSA) is 24.5 Å². The van der Waals surface area contributed by atoms with Gasteiger partial charge in [-0.2, -0.15) is 0 Å². The average Bonchev–Trinajstić information content (AvgIpc) is 2.25. The number of nitrogens with zero attached hydrogens (tertiary/aromatic N) is 1. The van der Waals surface area contributed by atoms with Gasteiger partial charge in [0.15, 0.2) is 0 Å². The van der Waals surface area contributed by atoms with Gasteiger partial charge in [-0.15, -0.1) is 0 Å². The van der Waals surface area contributed by atoms with Crippen molar-refractivity contribution >= 4 is 0 Å². The molecule has 0 aliphatic heterocycles. The summed E-state index contributed by atoms with van der Waals surface area (Å²) in [7, 11) is 1.77. The molecule has 0 amide bonds. The molecule has 0 bridgehead atoms. The minimum Gasteiger partial charge on any atom is -0.383 e. The van der Waals surface area contributed by atoms with Gasteiger partial charge in [0.1, 0.15) is 0 Å². The molecule has 0 aliphatic rings. The quantitative estimate of drug-likeness (QED) is 0.604. The van der Waals surface area contributed by atoms with Crippen LogP contribution in [0.1, 0.15) is 40.5 Å². The minimum atomic E-state index is 0.642. The predicted octanol–water partition coefficient (Wildman–Crippen LogP) is 2.37. The molecule has 17 heavy (non-hydrogen) atoms. The first-order valence-corrected chi connectivity index (χ1v) is 7.04. The van der Waals surface area contributed by atoms with Gasteiger partial charge in [0.2, 0.25) is 0 Å². The fourth-order valence-corrected chi connectivity index (χ4v) is 2.04. The molecule has 0 aromatic rings. The van der Waals surface area contributed by atoms with Crippen LogP contribution in [0.15, 0.2) is 0 Å². The molecule has 0 aromatic heterocycles. The highest BCUT2D eigenvalue weighted by Crippen LogP contribution is 1.99. The van der Waals surface area contributed by atoms with Gasteiger partial charge in [-0.1, -0.05) is 27.2 Å². The Hall–Kier alpha value is -0.120. The van der Waals surface area contributed by atoms with E-state index in [4.69, 9.17) is 4.74 Å². The Balaban J connectivity index is 3.73. The molecule has 3 nitrogen and oxygen atoms in total. The number of nitrogens with one attached hydrogen (secondary N) is 1. The van der Waals surface area contributed by atoms with Gasteiger partial charge in [-0.05, 0) is 19.3 Å². The van der Waals surface area contributed by atoms with E-state index in [-0.39, 0.29) is 0 Å².